The van der Waals surface area contributed by atoms with Crippen molar-refractivity contribution in [2.45, 2.75) is 52.3 Å². The van der Waals surface area contributed by atoms with E-state index >= 15 is 0 Å². The third-order valence-corrected chi connectivity index (χ3v) is 7.05. The highest BCUT2D eigenvalue weighted by atomic mass is 19.4. The Labute approximate surface area is 206 Å². The molecule has 190 valence electrons. The average molecular weight is 499 g/mol. The lowest BCUT2D eigenvalue weighted by atomic mass is 10.0. The maximum Gasteiger partial charge on any atom is 0.418 e. The van der Waals surface area contributed by atoms with Crippen LogP contribution in [-0.4, -0.2) is 49.9 Å². The number of hydrogen-bond donors (Lipinski definition) is 2. The summed E-state index contributed by atoms with van der Waals surface area (Å²) in [5, 5.41) is 3.01. The van der Waals surface area contributed by atoms with Gasteiger partial charge in [0.05, 0.1) is 22.2 Å². The number of likely N-dealkylation sites (tertiary alicyclic amines) is 1. The molecule has 1 aromatic carbocycles. The number of hydrogen-bond acceptors (Lipinski definition) is 5. The van der Waals surface area contributed by atoms with Crippen molar-refractivity contribution < 1.29 is 13.2 Å². The minimum absolute atomic E-state index is 0.0346. The van der Waals surface area contributed by atoms with E-state index in [2.05, 4.69) is 32.1 Å². The van der Waals surface area contributed by atoms with Gasteiger partial charge in [0.1, 0.15) is 11.5 Å². The highest BCUT2D eigenvalue weighted by Gasteiger charge is 2.35. The second kappa shape index (κ2) is 9.24. The number of benzene rings is 1. The molecular formula is C26H29F3N6O. The molecule has 0 spiro atoms. The number of rotatable bonds is 5. The van der Waals surface area contributed by atoms with E-state index in [1.807, 2.05) is 36.7 Å². The summed E-state index contributed by atoms with van der Waals surface area (Å²) in [4.78, 5) is 26.8. The van der Waals surface area contributed by atoms with Crippen molar-refractivity contribution in [1.82, 2.24) is 24.3 Å². The smallest absolute Gasteiger partial charge is 0.382 e. The van der Waals surface area contributed by atoms with Crippen LogP contribution in [0.4, 0.5) is 18.9 Å². The minimum Gasteiger partial charge on any atom is -0.382 e. The van der Waals surface area contributed by atoms with Gasteiger partial charge in [0.25, 0.3) is 5.56 Å². The maximum atomic E-state index is 13.9. The van der Waals surface area contributed by atoms with Crippen LogP contribution >= 0.6 is 0 Å². The summed E-state index contributed by atoms with van der Waals surface area (Å²) >= 11 is 0. The molecule has 0 saturated carbocycles. The Kier molecular flexibility index (Phi) is 6.23. The number of H-pyrrole nitrogens is 1. The van der Waals surface area contributed by atoms with Crippen LogP contribution in [0.2, 0.25) is 0 Å². The highest BCUT2D eigenvalue weighted by Crippen LogP contribution is 2.37. The van der Waals surface area contributed by atoms with Crippen LogP contribution in [0, 0.1) is 13.8 Å². The number of nitrogens with zero attached hydrogens (tertiary/aromatic N) is 4. The first-order valence-electron chi connectivity index (χ1n) is 12.2. The number of aromatic nitrogens is 4. The largest absolute Gasteiger partial charge is 0.418 e. The molecule has 1 aliphatic heterocycles. The molecular weight excluding hydrogens is 469 g/mol. The van der Waals surface area contributed by atoms with Gasteiger partial charge >= 0.3 is 6.18 Å². The van der Waals surface area contributed by atoms with Crippen molar-refractivity contribution in [2.24, 2.45) is 0 Å². The van der Waals surface area contributed by atoms with Gasteiger partial charge in [0, 0.05) is 43.6 Å². The van der Waals surface area contributed by atoms with Gasteiger partial charge in [0.2, 0.25) is 0 Å². The number of anilines is 1. The van der Waals surface area contributed by atoms with Gasteiger partial charge in [-0.2, -0.15) is 13.2 Å². The van der Waals surface area contributed by atoms with Gasteiger partial charge in [-0.1, -0.05) is 6.92 Å². The lowest BCUT2D eigenvalue weighted by molar-refractivity contribution is -0.136. The molecule has 1 fully saturated rings. The van der Waals surface area contributed by atoms with Gasteiger partial charge in [0.15, 0.2) is 0 Å². The zero-order valence-corrected chi connectivity index (χ0v) is 20.5. The third kappa shape index (κ3) is 4.82. The Bertz CT molecular complexity index is 1440. The predicted octanol–water partition coefficient (Wildman–Crippen LogP) is 4.69. The SMILES string of the molecule is CCN1CCC(Nc2cc3nc(Cc4cn5cc(C)c(C)cc5n4)[nH]c(=O)c3cc2C(F)(F)F)CC1. The van der Waals surface area contributed by atoms with Crippen molar-refractivity contribution in [3.8, 4) is 0 Å². The molecule has 0 radical (unpaired) electrons. The van der Waals surface area contributed by atoms with Crippen molar-refractivity contribution in [1.29, 1.82) is 0 Å². The van der Waals surface area contributed by atoms with Crippen LogP contribution in [0.25, 0.3) is 16.6 Å². The zero-order chi connectivity index (χ0) is 25.6. The summed E-state index contributed by atoms with van der Waals surface area (Å²) < 4.78 is 43.7. The molecule has 36 heavy (non-hydrogen) atoms. The summed E-state index contributed by atoms with van der Waals surface area (Å²) in [5.41, 5.74) is 2.49. The van der Waals surface area contributed by atoms with Gasteiger partial charge < -0.3 is 19.6 Å². The first kappa shape index (κ1) is 24.3. The van der Waals surface area contributed by atoms with E-state index in [0.717, 1.165) is 55.3 Å². The van der Waals surface area contributed by atoms with E-state index in [1.54, 1.807) is 0 Å². The Morgan fingerprint density at radius 3 is 2.53 bits per heavy atom. The van der Waals surface area contributed by atoms with Gasteiger partial charge in [-0.15, -0.1) is 0 Å². The first-order valence-corrected chi connectivity index (χ1v) is 12.2. The molecule has 0 aliphatic carbocycles. The Balaban J connectivity index is 1.49. The molecule has 10 heteroatoms. The number of piperidine rings is 1. The molecule has 0 atom stereocenters. The van der Waals surface area contributed by atoms with E-state index in [1.165, 1.54) is 6.07 Å². The van der Waals surface area contributed by atoms with Crippen molar-refractivity contribution in [2.75, 3.05) is 25.0 Å². The molecule has 2 N–H and O–H groups in total. The molecule has 0 unspecified atom stereocenters. The van der Waals surface area contributed by atoms with Crippen molar-refractivity contribution in [3.05, 3.63) is 69.2 Å². The van der Waals surface area contributed by atoms with E-state index in [-0.39, 0.29) is 29.1 Å². The number of pyridine rings is 1. The van der Waals surface area contributed by atoms with Crippen LogP contribution in [0.1, 0.15) is 48.0 Å². The summed E-state index contributed by atoms with van der Waals surface area (Å²) in [6, 6.07) is 4.18. The fourth-order valence-corrected chi connectivity index (χ4v) is 4.83. The standard InChI is InChI=1S/C26H29F3N6O/c1-4-34-7-5-17(6-8-34)30-22-12-21-19(11-20(22)26(27,28)29)25(36)33-23(32-21)10-18-14-35-13-16(3)15(2)9-24(35)31-18/h9,11-14,17,30H,4-8,10H2,1-3H3,(H,32,33,36). The molecule has 0 amide bonds. The normalized spacial score (nSPS) is 15.7. The quantitative estimate of drug-likeness (QED) is 0.417. The Morgan fingerprint density at radius 2 is 1.83 bits per heavy atom. The second-order valence-corrected chi connectivity index (χ2v) is 9.59. The molecule has 1 aliphatic rings. The summed E-state index contributed by atoms with van der Waals surface area (Å²) in [6.07, 6.45) is 1.02. The Hall–Kier alpha value is -3.40. The predicted molar refractivity (Wildman–Crippen MR) is 134 cm³/mol. The van der Waals surface area contributed by atoms with Gasteiger partial charge in [-0.3, -0.25) is 4.79 Å². The highest BCUT2D eigenvalue weighted by molar-refractivity contribution is 5.83. The van der Waals surface area contributed by atoms with Crippen molar-refractivity contribution in [3.63, 3.8) is 0 Å². The van der Waals surface area contributed by atoms with Crippen LogP contribution in [0.3, 0.4) is 0 Å². The van der Waals surface area contributed by atoms with E-state index in [4.69, 9.17) is 0 Å². The molecule has 0 bridgehead atoms. The molecule has 3 aromatic heterocycles. The number of halogens is 3. The average Bonchev–Trinajstić information content (AvgIpc) is 3.19. The molecule has 7 nitrogen and oxygen atoms in total. The summed E-state index contributed by atoms with van der Waals surface area (Å²) in [7, 11) is 0. The number of nitrogens with one attached hydrogen (secondary N) is 2. The lowest BCUT2D eigenvalue weighted by Gasteiger charge is -2.32. The summed E-state index contributed by atoms with van der Waals surface area (Å²) in [5.74, 6) is 0.353. The van der Waals surface area contributed by atoms with Gasteiger partial charge in [-0.05, 0) is 62.6 Å². The van der Waals surface area contributed by atoms with E-state index in [0.29, 0.717) is 11.5 Å². The lowest BCUT2D eigenvalue weighted by Crippen LogP contribution is -2.39. The second-order valence-electron chi connectivity index (χ2n) is 9.59. The fraction of sp³-hybridized carbons (Fsp3) is 0.423. The molecule has 5 rings (SSSR count). The topological polar surface area (TPSA) is 78.3 Å². The number of imidazole rings is 1. The first-order chi connectivity index (χ1) is 17.1. The van der Waals surface area contributed by atoms with Crippen molar-refractivity contribution >= 4 is 22.2 Å². The number of aromatic amines is 1. The fourth-order valence-electron chi connectivity index (χ4n) is 4.83. The monoisotopic (exact) mass is 498 g/mol. The molecule has 1 saturated heterocycles. The van der Waals surface area contributed by atoms with Crippen LogP contribution in [0.15, 0.2) is 35.4 Å². The minimum atomic E-state index is -4.60. The summed E-state index contributed by atoms with van der Waals surface area (Å²) in [6.45, 7) is 8.71. The van der Waals surface area contributed by atoms with Gasteiger partial charge in [-0.25, -0.2) is 9.97 Å². The van der Waals surface area contributed by atoms with Crippen LogP contribution < -0.4 is 10.9 Å². The number of fused-ring (bicyclic) bond motifs is 2. The number of aryl methyl sites for hydroxylation is 2. The third-order valence-electron chi connectivity index (χ3n) is 7.05. The molecule has 4 aromatic rings. The van der Waals surface area contributed by atoms with E-state index in [9.17, 15) is 18.0 Å². The van der Waals surface area contributed by atoms with Crippen LogP contribution in [-0.2, 0) is 12.6 Å². The van der Waals surface area contributed by atoms with E-state index < -0.39 is 17.3 Å². The Morgan fingerprint density at radius 1 is 1.08 bits per heavy atom. The number of alkyl halides is 3. The maximum absolute atomic E-state index is 13.9. The van der Waals surface area contributed by atoms with Crippen LogP contribution in [0.5, 0.6) is 0 Å². The molecule has 4 heterocycles. The zero-order valence-electron chi connectivity index (χ0n) is 20.5.